The molecule has 0 bridgehead atoms. The van der Waals surface area contributed by atoms with Crippen LogP contribution in [0.15, 0.2) is 18.2 Å². The second kappa shape index (κ2) is 7.39. The SMILES string of the molecule is Cc1ccc(F)c(N2CCC(NC(=O)[C@H]3CC[C@@H](C(=O)O)N3)CC2)c1. The molecule has 0 spiro atoms. The number of hydrogen-bond donors (Lipinski definition) is 3. The van der Waals surface area contributed by atoms with Gasteiger partial charge in [0.1, 0.15) is 11.9 Å². The lowest BCUT2D eigenvalue weighted by Crippen LogP contribution is -2.51. The highest BCUT2D eigenvalue weighted by Gasteiger charge is 2.34. The number of anilines is 1. The molecule has 2 atom stereocenters. The van der Waals surface area contributed by atoms with E-state index in [4.69, 9.17) is 5.11 Å². The predicted molar refractivity (Wildman–Crippen MR) is 92.1 cm³/mol. The molecule has 0 unspecified atom stereocenters. The van der Waals surface area contributed by atoms with E-state index in [1.54, 1.807) is 6.07 Å². The van der Waals surface area contributed by atoms with Crippen LogP contribution >= 0.6 is 0 Å². The molecule has 1 aromatic rings. The van der Waals surface area contributed by atoms with Crippen molar-refractivity contribution in [2.45, 2.75) is 50.7 Å². The van der Waals surface area contributed by atoms with Crippen LogP contribution in [-0.2, 0) is 9.59 Å². The number of hydrogen-bond acceptors (Lipinski definition) is 4. The molecule has 0 saturated carbocycles. The first-order valence-corrected chi connectivity index (χ1v) is 8.74. The number of carboxylic acid groups (broad SMARTS) is 1. The van der Waals surface area contributed by atoms with Gasteiger partial charge in [-0.25, -0.2) is 4.39 Å². The van der Waals surface area contributed by atoms with Crippen molar-refractivity contribution in [3.63, 3.8) is 0 Å². The molecule has 6 nitrogen and oxygen atoms in total. The summed E-state index contributed by atoms with van der Waals surface area (Å²) >= 11 is 0. The molecule has 7 heteroatoms. The zero-order valence-corrected chi connectivity index (χ0v) is 14.3. The number of halogens is 1. The molecule has 3 rings (SSSR count). The van der Waals surface area contributed by atoms with E-state index >= 15 is 0 Å². The molecule has 1 aromatic carbocycles. The Bertz CT molecular complexity index is 659. The zero-order chi connectivity index (χ0) is 18.0. The van der Waals surface area contributed by atoms with E-state index in [0.29, 0.717) is 31.6 Å². The third kappa shape index (κ3) is 4.10. The largest absolute Gasteiger partial charge is 0.480 e. The monoisotopic (exact) mass is 349 g/mol. The van der Waals surface area contributed by atoms with Crippen molar-refractivity contribution in [1.82, 2.24) is 10.6 Å². The van der Waals surface area contributed by atoms with E-state index < -0.39 is 18.1 Å². The lowest BCUT2D eigenvalue weighted by Gasteiger charge is -2.34. The highest BCUT2D eigenvalue weighted by Crippen LogP contribution is 2.24. The highest BCUT2D eigenvalue weighted by molar-refractivity contribution is 5.84. The van der Waals surface area contributed by atoms with Gasteiger partial charge < -0.3 is 15.3 Å². The standard InChI is InChI=1S/C18H24FN3O3/c1-11-2-3-13(19)16(10-11)22-8-6-12(7-9-22)20-17(23)14-4-5-15(21-14)18(24)25/h2-3,10,12,14-15,21H,4-9H2,1H3,(H,20,23)(H,24,25)/t14-,15+/m1/s1. The Morgan fingerprint density at radius 1 is 1.20 bits per heavy atom. The van der Waals surface area contributed by atoms with E-state index in [2.05, 4.69) is 10.6 Å². The summed E-state index contributed by atoms with van der Waals surface area (Å²) in [5, 5.41) is 14.8. The van der Waals surface area contributed by atoms with Crippen LogP contribution in [0.4, 0.5) is 10.1 Å². The van der Waals surface area contributed by atoms with Crippen LogP contribution < -0.4 is 15.5 Å². The van der Waals surface area contributed by atoms with E-state index in [1.165, 1.54) is 6.07 Å². The van der Waals surface area contributed by atoms with E-state index in [9.17, 15) is 14.0 Å². The second-order valence-electron chi connectivity index (χ2n) is 6.91. The highest BCUT2D eigenvalue weighted by atomic mass is 19.1. The lowest BCUT2D eigenvalue weighted by molar-refractivity contribution is -0.139. The van der Waals surface area contributed by atoms with Crippen molar-refractivity contribution in [2.75, 3.05) is 18.0 Å². The van der Waals surface area contributed by atoms with Gasteiger partial charge >= 0.3 is 5.97 Å². The number of carbonyl (C=O) groups is 2. The summed E-state index contributed by atoms with van der Waals surface area (Å²) < 4.78 is 14.0. The second-order valence-corrected chi connectivity index (χ2v) is 6.91. The summed E-state index contributed by atoms with van der Waals surface area (Å²) in [6, 6.07) is 4.06. The molecule has 3 N–H and O–H groups in total. The summed E-state index contributed by atoms with van der Waals surface area (Å²) in [4.78, 5) is 25.3. The summed E-state index contributed by atoms with van der Waals surface area (Å²) in [6.07, 6.45) is 2.50. The van der Waals surface area contributed by atoms with Crippen LogP contribution in [0.5, 0.6) is 0 Å². The normalized spacial score (nSPS) is 24.3. The van der Waals surface area contributed by atoms with E-state index in [-0.39, 0.29) is 17.8 Å². The molecule has 136 valence electrons. The topological polar surface area (TPSA) is 81.7 Å². The van der Waals surface area contributed by atoms with E-state index in [1.807, 2.05) is 17.9 Å². The van der Waals surface area contributed by atoms with Gasteiger partial charge in [-0.05, 0) is 50.3 Å². The summed E-state index contributed by atoms with van der Waals surface area (Å²) in [5.41, 5.74) is 1.64. The summed E-state index contributed by atoms with van der Waals surface area (Å²) in [6.45, 7) is 3.30. The maximum atomic E-state index is 14.0. The third-order valence-corrected chi connectivity index (χ3v) is 5.04. The van der Waals surface area contributed by atoms with Gasteiger partial charge in [0.25, 0.3) is 0 Å². The third-order valence-electron chi connectivity index (χ3n) is 5.04. The predicted octanol–water partition coefficient (Wildman–Crippen LogP) is 1.42. The molecule has 0 radical (unpaired) electrons. The molecule has 1 amide bonds. The van der Waals surface area contributed by atoms with Crippen molar-refractivity contribution >= 4 is 17.6 Å². The van der Waals surface area contributed by atoms with E-state index in [0.717, 1.165) is 18.4 Å². The fourth-order valence-corrected chi connectivity index (χ4v) is 3.58. The van der Waals surface area contributed by atoms with Gasteiger partial charge in [-0.15, -0.1) is 0 Å². The molecule has 0 aromatic heterocycles. The Morgan fingerprint density at radius 2 is 1.88 bits per heavy atom. The fourth-order valence-electron chi connectivity index (χ4n) is 3.58. The molecule has 0 aliphatic carbocycles. The maximum absolute atomic E-state index is 14.0. The van der Waals surface area contributed by atoms with Crippen molar-refractivity contribution in [3.05, 3.63) is 29.6 Å². The van der Waals surface area contributed by atoms with Crippen LogP contribution in [0.2, 0.25) is 0 Å². The van der Waals surface area contributed by atoms with Gasteiger partial charge in [-0.3, -0.25) is 14.9 Å². The van der Waals surface area contributed by atoms with Gasteiger partial charge in [-0.2, -0.15) is 0 Å². The molecule has 2 aliphatic heterocycles. The van der Waals surface area contributed by atoms with Gasteiger partial charge in [0.15, 0.2) is 0 Å². The molecule has 25 heavy (non-hydrogen) atoms. The lowest BCUT2D eigenvalue weighted by atomic mass is 10.0. The maximum Gasteiger partial charge on any atom is 0.320 e. The van der Waals surface area contributed by atoms with Crippen LogP contribution in [0, 0.1) is 12.7 Å². The number of carboxylic acids is 1. The summed E-state index contributed by atoms with van der Waals surface area (Å²) in [5.74, 6) is -1.27. The average Bonchev–Trinajstić information content (AvgIpc) is 3.08. The minimum atomic E-state index is -0.913. The van der Waals surface area contributed by atoms with Crippen molar-refractivity contribution < 1.29 is 19.1 Å². The molecule has 2 fully saturated rings. The molecule has 2 heterocycles. The van der Waals surface area contributed by atoms with Crippen LogP contribution in [0.3, 0.4) is 0 Å². The number of aryl methyl sites for hydroxylation is 1. The smallest absolute Gasteiger partial charge is 0.320 e. The van der Waals surface area contributed by atoms with Gasteiger partial charge in [-0.1, -0.05) is 6.07 Å². The van der Waals surface area contributed by atoms with Gasteiger partial charge in [0.05, 0.1) is 11.7 Å². The number of benzene rings is 1. The minimum Gasteiger partial charge on any atom is -0.480 e. The number of piperidine rings is 1. The van der Waals surface area contributed by atoms with Gasteiger partial charge in [0, 0.05) is 19.1 Å². The van der Waals surface area contributed by atoms with Crippen LogP contribution in [0.1, 0.15) is 31.2 Å². The molecule has 2 saturated heterocycles. The van der Waals surface area contributed by atoms with Crippen LogP contribution in [-0.4, -0.2) is 48.2 Å². The Labute approximate surface area is 146 Å². The number of rotatable bonds is 4. The van der Waals surface area contributed by atoms with Crippen molar-refractivity contribution in [3.8, 4) is 0 Å². The number of carbonyl (C=O) groups excluding carboxylic acids is 1. The Balaban J connectivity index is 1.50. The fraction of sp³-hybridized carbons (Fsp3) is 0.556. The summed E-state index contributed by atoms with van der Waals surface area (Å²) in [7, 11) is 0. The Morgan fingerprint density at radius 3 is 2.52 bits per heavy atom. The van der Waals surface area contributed by atoms with Crippen molar-refractivity contribution in [2.24, 2.45) is 0 Å². The first-order valence-electron chi connectivity index (χ1n) is 8.74. The number of nitrogens with zero attached hydrogens (tertiary/aromatic N) is 1. The average molecular weight is 349 g/mol. The first kappa shape index (κ1) is 17.7. The Kier molecular flexibility index (Phi) is 5.22. The molecular weight excluding hydrogens is 325 g/mol. The van der Waals surface area contributed by atoms with Gasteiger partial charge in [0.2, 0.25) is 5.91 Å². The quantitative estimate of drug-likeness (QED) is 0.766. The Hall–Kier alpha value is -2.15. The number of aliphatic carboxylic acids is 1. The van der Waals surface area contributed by atoms with Crippen molar-refractivity contribution in [1.29, 1.82) is 0 Å². The number of nitrogens with one attached hydrogen (secondary N) is 2. The first-order chi connectivity index (χ1) is 11.9. The number of amides is 1. The minimum absolute atomic E-state index is 0.0438. The molecule has 2 aliphatic rings. The molecular formula is C18H24FN3O3. The van der Waals surface area contributed by atoms with Crippen LogP contribution in [0.25, 0.3) is 0 Å². The zero-order valence-electron chi connectivity index (χ0n) is 14.3.